The van der Waals surface area contributed by atoms with E-state index in [0.717, 1.165) is 0 Å². The molecule has 3 amide bonds. The molecule has 0 aromatic rings. The Kier molecular flexibility index (Phi) is 14.5. The average Bonchev–Trinajstić information content (AvgIpc) is 2.72. The lowest BCUT2D eigenvalue weighted by Crippen LogP contribution is -2.53. The first-order valence-electron chi connectivity index (χ1n) is 10.3. The average molecular weight is 475 g/mol. The van der Waals surface area contributed by atoms with Gasteiger partial charge in [-0.05, 0) is 32.2 Å². The number of carbonyl (C=O) groups excluding carboxylic acids is 3. The van der Waals surface area contributed by atoms with Gasteiger partial charge in [0.25, 0.3) is 0 Å². The van der Waals surface area contributed by atoms with E-state index >= 15 is 0 Å². The van der Waals surface area contributed by atoms with Crippen LogP contribution in [-0.2, 0) is 24.0 Å². The number of hydrogen-bond donors (Lipinski definition) is 9. The predicted molar refractivity (Wildman–Crippen MR) is 118 cm³/mol. The lowest BCUT2D eigenvalue weighted by molar-refractivity contribution is -0.147. The Balaban J connectivity index is 4.96. The number of carboxylic acids is 2. The second-order valence-electron chi connectivity index (χ2n) is 7.17. The minimum absolute atomic E-state index is 0.127. The van der Waals surface area contributed by atoms with Gasteiger partial charge in [0.15, 0.2) is 5.96 Å². The molecule has 0 saturated heterocycles. The summed E-state index contributed by atoms with van der Waals surface area (Å²) in [6.45, 7) is 0.0208. The molecule has 0 bridgehead atoms. The van der Waals surface area contributed by atoms with Crippen LogP contribution in [0.25, 0.3) is 0 Å². The maximum atomic E-state index is 12.5. The van der Waals surface area contributed by atoms with Gasteiger partial charge in [-0.3, -0.25) is 24.2 Å². The van der Waals surface area contributed by atoms with E-state index in [1.807, 2.05) is 5.32 Å². The number of unbranched alkanes of at least 4 members (excludes halogenated alkanes) is 1. The quantitative estimate of drug-likeness (QED) is 0.0558. The largest absolute Gasteiger partial charge is 0.481 e. The topological polar surface area (TPSA) is 278 Å². The molecule has 0 heterocycles. The van der Waals surface area contributed by atoms with Crippen LogP contribution in [0.15, 0.2) is 4.99 Å². The molecule has 0 aromatic heterocycles. The Hall–Kier alpha value is -3.46. The van der Waals surface area contributed by atoms with E-state index in [4.69, 9.17) is 33.1 Å². The molecule has 15 nitrogen and oxygen atoms in total. The highest BCUT2D eigenvalue weighted by Crippen LogP contribution is 2.03. The fourth-order valence-corrected chi connectivity index (χ4v) is 2.60. The maximum absolute atomic E-state index is 12.5. The molecule has 0 aliphatic carbocycles. The first-order chi connectivity index (χ1) is 15.5. The van der Waals surface area contributed by atoms with Gasteiger partial charge in [-0.1, -0.05) is 6.42 Å². The molecule has 3 atom stereocenters. The lowest BCUT2D eigenvalue weighted by atomic mass is 10.1. The minimum Gasteiger partial charge on any atom is -0.481 e. The van der Waals surface area contributed by atoms with Crippen LogP contribution < -0.4 is 38.9 Å². The van der Waals surface area contributed by atoms with Gasteiger partial charge in [-0.25, -0.2) is 4.79 Å². The number of nitrogens with two attached hydrogens (primary N) is 4. The number of carbonyl (C=O) groups is 5. The fraction of sp³-hybridized carbons (Fsp3) is 0.667. The van der Waals surface area contributed by atoms with Gasteiger partial charge in [0.2, 0.25) is 17.7 Å². The molecule has 15 heteroatoms. The van der Waals surface area contributed by atoms with Crippen molar-refractivity contribution in [3.8, 4) is 0 Å². The lowest BCUT2D eigenvalue weighted by Gasteiger charge is -2.21. The molecule has 0 fully saturated rings. The molecule has 33 heavy (non-hydrogen) atoms. The van der Waals surface area contributed by atoms with Crippen LogP contribution in [0.1, 0.15) is 38.5 Å². The molecule has 0 rings (SSSR count). The van der Waals surface area contributed by atoms with Gasteiger partial charge in [0, 0.05) is 6.54 Å². The fourth-order valence-electron chi connectivity index (χ4n) is 2.60. The summed E-state index contributed by atoms with van der Waals surface area (Å²) in [5.74, 6) is -5.29. The monoisotopic (exact) mass is 474 g/mol. The molecular weight excluding hydrogens is 440 g/mol. The summed E-state index contributed by atoms with van der Waals surface area (Å²) in [6, 6.07) is -3.58. The van der Waals surface area contributed by atoms with E-state index in [-0.39, 0.29) is 18.9 Å². The van der Waals surface area contributed by atoms with E-state index in [1.165, 1.54) is 0 Å². The van der Waals surface area contributed by atoms with E-state index < -0.39 is 60.8 Å². The van der Waals surface area contributed by atoms with Gasteiger partial charge in [0.05, 0.1) is 19.0 Å². The van der Waals surface area contributed by atoms with Crippen LogP contribution in [0.4, 0.5) is 0 Å². The van der Waals surface area contributed by atoms with Crippen molar-refractivity contribution in [2.75, 3.05) is 19.6 Å². The normalized spacial score (nSPS) is 13.2. The number of aliphatic carboxylic acids is 2. The maximum Gasteiger partial charge on any atom is 0.326 e. The number of carboxylic acid groups (broad SMARTS) is 2. The van der Waals surface area contributed by atoms with Crippen LogP contribution in [0.2, 0.25) is 0 Å². The van der Waals surface area contributed by atoms with Gasteiger partial charge >= 0.3 is 11.9 Å². The highest BCUT2D eigenvalue weighted by atomic mass is 16.4. The van der Waals surface area contributed by atoms with Crippen molar-refractivity contribution < 1.29 is 34.2 Å². The van der Waals surface area contributed by atoms with Crippen molar-refractivity contribution in [1.29, 1.82) is 0 Å². The van der Waals surface area contributed by atoms with E-state index in [0.29, 0.717) is 32.2 Å². The number of rotatable bonds is 17. The first-order valence-corrected chi connectivity index (χ1v) is 10.3. The summed E-state index contributed by atoms with van der Waals surface area (Å²) >= 11 is 0. The zero-order chi connectivity index (χ0) is 25.4. The molecule has 0 saturated carbocycles. The summed E-state index contributed by atoms with van der Waals surface area (Å²) < 4.78 is 0. The Labute approximate surface area is 190 Å². The SMILES string of the molecule is NCCCCC(N)C(=O)NC(CCCN=C(N)N)C(=O)NCC(=O)NC(CC(=O)O)C(=O)O. The van der Waals surface area contributed by atoms with Crippen molar-refractivity contribution >= 4 is 35.6 Å². The van der Waals surface area contributed by atoms with Crippen molar-refractivity contribution in [1.82, 2.24) is 16.0 Å². The summed E-state index contributed by atoms with van der Waals surface area (Å²) in [6.07, 6.45) is 1.31. The summed E-state index contributed by atoms with van der Waals surface area (Å²) in [5.41, 5.74) is 21.8. The summed E-state index contributed by atoms with van der Waals surface area (Å²) in [5, 5.41) is 24.5. The summed E-state index contributed by atoms with van der Waals surface area (Å²) in [7, 11) is 0. The van der Waals surface area contributed by atoms with Gasteiger partial charge in [-0.15, -0.1) is 0 Å². The second-order valence-corrected chi connectivity index (χ2v) is 7.17. The van der Waals surface area contributed by atoms with Gasteiger partial charge in [0.1, 0.15) is 12.1 Å². The molecule has 0 aliphatic heterocycles. The smallest absolute Gasteiger partial charge is 0.326 e. The standard InChI is InChI=1S/C18H34N8O7/c19-6-2-1-4-10(20)15(30)26-11(5-3-7-23-18(21)22)16(31)24-9-13(27)25-12(17(32)33)8-14(28)29/h10-12H,1-9,19-20H2,(H,24,31)(H,25,27)(H,26,30)(H,28,29)(H,32,33)(H4,21,22,23). The number of hydrogen-bond acceptors (Lipinski definition) is 8. The van der Waals surface area contributed by atoms with E-state index in [9.17, 15) is 24.0 Å². The van der Waals surface area contributed by atoms with Crippen molar-refractivity contribution in [2.45, 2.75) is 56.7 Å². The number of amides is 3. The number of nitrogens with one attached hydrogen (secondary N) is 3. The second kappa shape index (κ2) is 16.2. The Morgan fingerprint density at radius 2 is 1.55 bits per heavy atom. The highest BCUT2D eigenvalue weighted by Gasteiger charge is 2.26. The molecule has 0 spiro atoms. The van der Waals surface area contributed by atoms with Crippen molar-refractivity contribution in [3.63, 3.8) is 0 Å². The molecular formula is C18H34N8O7. The zero-order valence-corrected chi connectivity index (χ0v) is 18.3. The third kappa shape index (κ3) is 14.3. The first kappa shape index (κ1) is 29.5. The third-order valence-corrected chi connectivity index (χ3v) is 4.32. The van der Waals surface area contributed by atoms with E-state index in [2.05, 4.69) is 15.6 Å². The Bertz CT molecular complexity index is 712. The van der Waals surface area contributed by atoms with Crippen LogP contribution in [0, 0.1) is 0 Å². The molecule has 0 aromatic carbocycles. The number of nitrogens with zero attached hydrogens (tertiary/aromatic N) is 1. The Morgan fingerprint density at radius 1 is 0.879 bits per heavy atom. The van der Waals surface area contributed by atoms with Crippen LogP contribution in [0.5, 0.6) is 0 Å². The van der Waals surface area contributed by atoms with Crippen LogP contribution in [0.3, 0.4) is 0 Å². The van der Waals surface area contributed by atoms with Gasteiger partial charge < -0.3 is 49.1 Å². The minimum atomic E-state index is -1.66. The van der Waals surface area contributed by atoms with Crippen LogP contribution >= 0.6 is 0 Å². The number of guanidine groups is 1. The number of aliphatic imine (C=N–C) groups is 1. The molecule has 188 valence electrons. The van der Waals surface area contributed by atoms with Crippen LogP contribution in [-0.4, -0.2) is 83.6 Å². The van der Waals surface area contributed by atoms with Gasteiger partial charge in [-0.2, -0.15) is 0 Å². The van der Waals surface area contributed by atoms with Crippen molar-refractivity contribution in [3.05, 3.63) is 0 Å². The Morgan fingerprint density at radius 3 is 2.09 bits per heavy atom. The third-order valence-electron chi connectivity index (χ3n) is 4.32. The molecule has 13 N–H and O–H groups in total. The van der Waals surface area contributed by atoms with E-state index in [1.54, 1.807) is 0 Å². The zero-order valence-electron chi connectivity index (χ0n) is 18.3. The highest BCUT2D eigenvalue weighted by molar-refractivity contribution is 5.93. The molecule has 0 radical (unpaired) electrons. The molecule has 0 aliphatic rings. The van der Waals surface area contributed by atoms with Crippen molar-refractivity contribution in [2.24, 2.45) is 27.9 Å². The molecule has 3 unspecified atom stereocenters. The predicted octanol–water partition coefficient (Wildman–Crippen LogP) is -3.86. The summed E-state index contributed by atoms with van der Waals surface area (Å²) in [4.78, 5) is 62.3.